The predicted octanol–water partition coefficient (Wildman–Crippen LogP) is 14.7. The smallest absolute Gasteiger partial charge is 0.160 e. The highest BCUT2D eigenvalue weighted by Gasteiger charge is 2.16. The molecule has 0 unspecified atom stereocenters. The van der Waals surface area contributed by atoms with Gasteiger partial charge in [0.2, 0.25) is 0 Å². The van der Waals surface area contributed by atoms with Crippen LogP contribution in [0.25, 0.3) is 111 Å². The first kappa shape index (κ1) is 32.8. The third kappa shape index (κ3) is 6.03. The minimum Gasteiger partial charge on any atom is -0.456 e. The van der Waals surface area contributed by atoms with Crippen molar-refractivity contribution in [1.82, 2.24) is 9.97 Å². The Morgan fingerprint density at radius 3 is 1.65 bits per heavy atom. The summed E-state index contributed by atoms with van der Waals surface area (Å²) in [6.45, 7) is 0. The van der Waals surface area contributed by atoms with Gasteiger partial charge in [0, 0.05) is 27.5 Å². The third-order valence-electron chi connectivity index (χ3n) is 11.0. The van der Waals surface area contributed by atoms with E-state index in [1.54, 1.807) is 0 Å². The van der Waals surface area contributed by atoms with Crippen molar-refractivity contribution in [3.05, 3.63) is 206 Å². The van der Waals surface area contributed by atoms with Gasteiger partial charge in [-0.25, -0.2) is 9.97 Å². The van der Waals surface area contributed by atoms with E-state index in [0.29, 0.717) is 5.82 Å². The molecule has 0 spiro atoms. The molecule has 2 aromatic heterocycles. The van der Waals surface area contributed by atoms with Crippen LogP contribution in [0.15, 0.2) is 211 Å². The lowest BCUT2D eigenvalue weighted by Crippen LogP contribution is -1.97. The minimum absolute atomic E-state index is 0.684. The molecule has 2 heterocycles. The number of hydrogen-bond acceptors (Lipinski definition) is 3. The number of benzene rings is 9. The van der Waals surface area contributed by atoms with Gasteiger partial charge in [-0.15, -0.1) is 0 Å². The summed E-state index contributed by atoms with van der Waals surface area (Å²) >= 11 is 0. The Hall–Kier alpha value is -7.62. The maximum Gasteiger partial charge on any atom is 0.160 e. The van der Waals surface area contributed by atoms with Crippen LogP contribution in [0.5, 0.6) is 0 Å². The first-order valence-corrected chi connectivity index (χ1v) is 19.3. The summed E-state index contributed by atoms with van der Waals surface area (Å²) in [5.74, 6) is 0.684. The largest absolute Gasteiger partial charge is 0.456 e. The summed E-state index contributed by atoms with van der Waals surface area (Å²) < 4.78 is 6.19. The molecule has 0 aliphatic heterocycles. The van der Waals surface area contributed by atoms with Crippen molar-refractivity contribution in [1.29, 1.82) is 0 Å². The van der Waals surface area contributed by atoms with Crippen molar-refractivity contribution in [2.45, 2.75) is 0 Å². The monoisotopic (exact) mass is 726 g/mol. The maximum absolute atomic E-state index is 6.19. The number of nitrogens with zero attached hydrogens (tertiary/aromatic N) is 2. The van der Waals surface area contributed by atoms with Gasteiger partial charge in [-0.1, -0.05) is 152 Å². The molecule has 0 saturated carbocycles. The van der Waals surface area contributed by atoms with Crippen LogP contribution in [0.1, 0.15) is 0 Å². The molecule has 0 atom stereocenters. The summed E-state index contributed by atoms with van der Waals surface area (Å²) in [7, 11) is 0. The molecule has 3 nitrogen and oxygen atoms in total. The van der Waals surface area contributed by atoms with Crippen LogP contribution in [-0.2, 0) is 0 Å². The highest BCUT2D eigenvalue weighted by Crippen LogP contribution is 2.38. The van der Waals surface area contributed by atoms with Gasteiger partial charge in [0.05, 0.1) is 11.4 Å². The molecule has 0 aliphatic carbocycles. The molecular weight excluding hydrogens is 693 g/mol. The number of aromatic nitrogens is 2. The molecule has 57 heavy (non-hydrogen) atoms. The minimum atomic E-state index is 0.684. The molecule has 0 N–H and O–H groups in total. The molecule has 0 amide bonds. The molecular formula is C54H34N2O. The fourth-order valence-electron chi connectivity index (χ4n) is 8.16. The van der Waals surface area contributed by atoms with Gasteiger partial charge in [0.1, 0.15) is 11.2 Å². The number of fused-ring (bicyclic) bond motifs is 6. The van der Waals surface area contributed by atoms with Crippen LogP contribution in [0, 0.1) is 0 Å². The van der Waals surface area contributed by atoms with E-state index in [1.165, 1.54) is 27.1 Å². The van der Waals surface area contributed by atoms with Gasteiger partial charge in [-0.05, 0) is 110 Å². The van der Waals surface area contributed by atoms with E-state index in [2.05, 4.69) is 176 Å². The number of para-hydroxylation sites is 1. The van der Waals surface area contributed by atoms with Crippen LogP contribution in [0.2, 0.25) is 0 Å². The second-order valence-electron chi connectivity index (χ2n) is 14.6. The van der Waals surface area contributed by atoms with E-state index in [4.69, 9.17) is 14.4 Å². The van der Waals surface area contributed by atoms with Crippen molar-refractivity contribution in [2.24, 2.45) is 0 Å². The molecule has 9 aromatic carbocycles. The van der Waals surface area contributed by atoms with Gasteiger partial charge >= 0.3 is 0 Å². The van der Waals surface area contributed by atoms with E-state index >= 15 is 0 Å². The van der Waals surface area contributed by atoms with Crippen molar-refractivity contribution in [2.75, 3.05) is 0 Å². The number of rotatable bonds is 6. The van der Waals surface area contributed by atoms with Crippen molar-refractivity contribution < 1.29 is 4.42 Å². The lowest BCUT2D eigenvalue weighted by molar-refractivity contribution is 0.669. The van der Waals surface area contributed by atoms with E-state index in [-0.39, 0.29) is 0 Å². The lowest BCUT2D eigenvalue weighted by atomic mass is 9.93. The molecule has 266 valence electrons. The van der Waals surface area contributed by atoms with Crippen LogP contribution in [-0.4, -0.2) is 9.97 Å². The molecule has 0 saturated heterocycles. The lowest BCUT2D eigenvalue weighted by Gasteiger charge is -2.14. The zero-order valence-electron chi connectivity index (χ0n) is 30.9. The van der Waals surface area contributed by atoms with E-state index in [0.717, 1.165) is 77.8 Å². The standard InChI is InChI=1S/C54H34N2O/c1-3-12-35(13-4-1)43-30-44(40-25-27-53-49(33-40)48-20-9-10-21-52(48)57-53)32-45(31-43)51-34-50(55-54(56-51)37-15-5-2-6-16-37)42-18-11-17-38(29-42)39-24-26-47-41(28-39)23-22-36-14-7-8-19-46(36)47/h1-34H. The summed E-state index contributed by atoms with van der Waals surface area (Å²) in [6, 6.07) is 73.0. The fraction of sp³-hybridized carbons (Fsp3) is 0. The van der Waals surface area contributed by atoms with Crippen molar-refractivity contribution >= 4 is 43.5 Å². The second-order valence-corrected chi connectivity index (χ2v) is 14.6. The summed E-state index contributed by atoms with van der Waals surface area (Å²) in [5, 5.41) is 7.22. The topological polar surface area (TPSA) is 38.9 Å². The summed E-state index contributed by atoms with van der Waals surface area (Å²) in [6.07, 6.45) is 0. The molecule has 0 aliphatic rings. The first-order chi connectivity index (χ1) is 28.2. The van der Waals surface area contributed by atoms with Gasteiger partial charge in [0.15, 0.2) is 5.82 Å². The molecule has 11 aromatic rings. The maximum atomic E-state index is 6.19. The predicted molar refractivity (Wildman–Crippen MR) is 237 cm³/mol. The van der Waals surface area contributed by atoms with Gasteiger partial charge in [-0.2, -0.15) is 0 Å². The highest BCUT2D eigenvalue weighted by atomic mass is 16.3. The second kappa shape index (κ2) is 13.6. The van der Waals surface area contributed by atoms with Crippen molar-refractivity contribution in [3.8, 4) is 67.3 Å². The molecule has 11 rings (SSSR count). The molecule has 0 radical (unpaired) electrons. The first-order valence-electron chi connectivity index (χ1n) is 19.3. The third-order valence-corrected chi connectivity index (χ3v) is 11.0. The van der Waals surface area contributed by atoms with E-state index < -0.39 is 0 Å². The molecule has 3 heteroatoms. The Morgan fingerprint density at radius 2 is 0.807 bits per heavy atom. The fourth-order valence-corrected chi connectivity index (χ4v) is 8.16. The number of hydrogen-bond donors (Lipinski definition) is 0. The highest BCUT2D eigenvalue weighted by molar-refractivity contribution is 6.09. The Morgan fingerprint density at radius 1 is 0.263 bits per heavy atom. The molecule has 0 bridgehead atoms. The Bertz CT molecular complexity index is 3290. The Labute approximate surface area is 330 Å². The van der Waals surface area contributed by atoms with Gasteiger partial charge in [-0.3, -0.25) is 0 Å². The zero-order valence-corrected chi connectivity index (χ0v) is 30.9. The quantitative estimate of drug-likeness (QED) is 0.160. The Kier molecular flexibility index (Phi) is 7.82. The van der Waals surface area contributed by atoms with E-state index in [9.17, 15) is 0 Å². The van der Waals surface area contributed by atoms with Crippen LogP contribution < -0.4 is 0 Å². The zero-order chi connectivity index (χ0) is 37.7. The Balaban J connectivity index is 1.07. The van der Waals surface area contributed by atoms with Crippen molar-refractivity contribution in [3.63, 3.8) is 0 Å². The average Bonchev–Trinajstić information content (AvgIpc) is 3.67. The summed E-state index contributed by atoms with van der Waals surface area (Å²) in [4.78, 5) is 10.5. The van der Waals surface area contributed by atoms with Gasteiger partial charge in [0.25, 0.3) is 0 Å². The SMILES string of the molecule is c1ccc(-c2cc(-c3ccc4oc5ccccc5c4c3)cc(-c3cc(-c4cccc(-c5ccc6c(ccc7ccccc76)c5)c4)nc(-c4ccccc4)n3)c2)cc1. The van der Waals surface area contributed by atoms with Crippen LogP contribution >= 0.6 is 0 Å². The van der Waals surface area contributed by atoms with Gasteiger partial charge < -0.3 is 4.42 Å². The van der Waals surface area contributed by atoms with Crippen LogP contribution in [0.3, 0.4) is 0 Å². The molecule has 0 fully saturated rings. The normalized spacial score (nSPS) is 11.5. The summed E-state index contributed by atoms with van der Waals surface area (Å²) in [5.41, 5.74) is 13.3. The van der Waals surface area contributed by atoms with Crippen LogP contribution in [0.4, 0.5) is 0 Å². The average molecular weight is 727 g/mol. The van der Waals surface area contributed by atoms with E-state index in [1.807, 2.05) is 30.3 Å². The number of furan rings is 1.